The molecular weight excluding hydrogens is 320 g/mol. The summed E-state index contributed by atoms with van der Waals surface area (Å²) in [5.41, 5.74) is 1.42. The number of aliphatic hydroxyl groups excluding tert-OH is 1. The molecule has 1 amide bonds. The van der Waals surface area contributed by atoms with Crippen molar-refractivity contribution in [3.8, 4) is 5.75 Å². The molecule has 0 saturated carbocycles. The smallest absolute Gasteiger partial charge is 0.290 e. The second-order valence-corrected chi connectivity index (χ2v) is 5.83. The van der Waals surface area contributed by atoms with E-state index >= 15 is 0 Å². The van der Waals surface area contributed by atoms with Gasteiger partial charge in [0.25, 0.3) is 5.91 Å². The fourth-order valence-electron chi connectivity index (χ4n) is 3.02. The van der Waals surface area contributed by atoms with E-state index < -0.39 is 17.7 Å². The van der Waals surface area contributed by atoms with Gasteiger partial charge in [-0.2, -0.15) is 0 Å². The van der Waals surface area contributed by atoms with Crippen LogP contribution >= 0.6 is 0 Å². The van der Waals surface area contributed by atoms with E-state index in [1.807, 2.05) is 6.07 Å². The first-order valence-electron chi connectivity index (χ1n) is 7.98. The highest BCUT2D eigenvalue weighted by atomic mass is 16.3. The molecule has 0 aliphatic carbocycles. The number of rotatable bonds is 5. The minimum atomic E-state index is -0.743. The van der Waals surface area contributed by atoms with E-state index in [9.17, 15) is 19.8 Å². The van der Waals surface area contributed by atoms with Gasteiger partial charge in [0.05, 0.1) is 11.6 Å². The standard InChI is InChI=1S/C19H18N2O4/c1-2-15(23)16-17(13-6-3-7-14(22)9-13)21(19(25)18(16)24)11-12-5-4-8-20-10-12/h3-10,17,22,24H,2,11H2,1H3. The molecular formula is C19H18N2O4. The third-order valence-corrected chi connectivity index (χ3v) is 4.19. The maximum Gasteiger partial charge on any atom is 0.290 e. The molecule has 0 spiro atoms. The van der Waals surface area contributed by atoms with E-state index in [1.54, 1.807) is 37.5 Å². The van der Waals surface area contributed by atoms with Gasteiger partial charge in [0.1, 0.15) is 5.75 Å². The summed E-state index contributed by atoms with van der Waals surface area (Å²) in [6.07, 6.45) is 3.43. The number of carbonyl (C=O) groups is 2. The molecule has 1 aromatic carbocycles. The molecule has 0 saturated heterocycles. The number of pyridine rings is 1. The Kier molecular flexibility index (Phi) is 4.52. The van der Waals surface area contributed by atoms with Crippen molar-refractivity contribution in [2.75, 3.05) is 0 Å². The number of Topliss-reactive ketones (excluding diaryl/α,β-unsaturated/α-hetero) is 1. The number of hydrogen-bond donors (Lipinski definition) is 2. The van der Waals surface area contributed by atoms with Gasteiger partial charge >= 0.3 is 0 Å². The van der Waals surface area contributed by atoms with Crippen LogP contribution in [0.2, 0.25) is 0 Å². The summed E-state index contributed by atoms with van der Waals surface area (Å²) in [4.78, 5) is 30.4. The number of aromatic hydroxyl groups is 1. The van der Waals surface area contributed by atoms with Crippen molar-refractivity contribution < 1.29 is 19.8 Å². The van der Waals surface area contributed by atoms with Crippen LogP contribution in [-0.2, 0) is 16.1 Å². The van der Waals surface area contributed by atoms with Gasteiger partial charge in [-0.25, -0.2) is 0 Å². The molecule has 2 aromatic rings. The lowest BCUT2D eigenvalue weighted by molar-refractivity contribution is -0.130. The Bertz CT molecular complexity index is 846. The Morgan fingerprint density at radius 1 is 1.24 bits per heavy atom. The molecule has 1 unspecified atom stereocenters. The molecule has 1 atom stereocenters. The summed E-state index contributed by atoms with van der Waals surface area (Å²) in [6.45, 7) is 1.87. The van der Waals surface area contributed by atoms with Crippen molar-refractivity contribution in [1.82, 2.24) is 9.88 Å². The maximum absolute atomic E-state index is 12.6. The minimum absolute atomic E-state index is 0.0287. The monoisotopic (exact) mass is 338 g/mol. The molecule has 0 bridgehead atoms. The van der Waals surface area contributed by atoms with Crippen LogP contribution in [0.25, 0.3) is 0 Å². The SMILES string of the molecule is CCC(=O)C1=C(O)C(=O)N(Cc2cccnc2)C1c1cccc(O)c1. The number of hydrogen-bond acceptors (Lipinski definition) is 5. The maximum atomic E-state index is 12.6. The number of phenols is 1. The fraction of sp³-hybridized carbons (Fsp3) is 0.211. The van der Waals surface area contributed by atoms with Crippen LogP contribution in [0.5, 0.6) is 5.75 Å². The van der Waals surface area contributed by atoms with Crippen LogP contribution in [0.1, 0.15) is 30.5 Å². The van der Waals surface area contributed by atoms with E-state index in [0.717, 1.165) is 5.56 Å². The van der Waals surface area contributed by atoms with Crippen molar-refractivity contribution in [1.29, 1.82) is 0 Å². The highest BCUT2D eigenvalue weighted by molar-refractivity contribution is 6.08. The van der Waals surface area contributed by atoms with Crippen molar-refractivity contribution in [3.63, 3.8) is 0 Å². The molecule has 2 N–H and O–H groups in total. The molecule has 0 fully saturated rings. The normalized spacial score (nSPS) is 17.2. The summed E-state index contributed by atoms with van der Waals surface area (Å²) in [5.74, 6) is -1.40. The molecule has 128 valence electrons. The van der Waals surface area contributed by atoms with Gasteiger partial charge in [-0.1, -0.05) is 25.1 Å². The zero-order valence-electron chi connectivity index (χ0n) is 13.7. The number of ketones is 1. The van der Waals surface area contributed by atoms with Gasteiger partial charge in [0.2, 0.25) is 0 Å². The van der Waals surface area contributed by atoms with Crippen LogP contribution in [0, 0.1) is 0 Å². The van der Waals surface area contributed by atoms with Gasteiger partial charge in [-0.05, 0) is 29.3 Å². The molecule has 0 radical (unpaired) electrons. The van der Waals surface area contributed by atoms with Crippen molar-refractivity contribution in [2.24, 2.45) is 0 Å². The molecule has 6 nitrogen and oxygen atoms in total. The Morgan fingerprint density at radius 3 is 2.68 bits per heavy atom. The molecule has 1 aliphatic heterocycles. The largest absolute Gasteiger partial charge is 0.508 e. The molecule has 6 heteroatoms. The summed E-state index contributed by atoms with van der Waals surface area (Å²) < 4.78 is 0. The van der Waals surface area contributed by atoms with Gasteiger partial charge in [-0.15, -0.1) is 0 Å². The summed E-state index contributed by atoms with van der Waals surface area (Å²) in [7, 11) is 0. The Balaban J connectivity index is 2.07. The van der Waals surface area contributed by atoms with E-state index in [4.69, 9.17) is 0 Å². The summed E-state index contributed by atoms with van der Waals surface area (Å²) in [6, 6.07) is 9.19. The third kappa shape index (κ3) is 3.10. The van der Waals surface area contributed by atoms with E-state index in [-0.39, 0.29) is 30.1 Å². The summed E-state index contributed by atoms with van der Waals surface area (Å²) >= 11 is 0. The van der Waals surface area contributed by atoms with Crippen molar-refractivity contribution in [2.45, 2.75) is 25.9 Å². The van der Waals surface area contributed by atoms with Crippen LogP contribution in [0.3, 0.4) is 0 Å². The fourth-order valence-corrected chi connectivity index (χ4v) is 3.02. The number of amides is 1. The lowest BCUT2D eigenvalue weighted by Crippen LogP contribution is -2.30. The van der Waals surface area contributed by atoms with Gasteiger partial charge in [-0.3, -0.25) is 14.6 Å². The predicted octanol–water partition coefficient (Wildman–Crippen LogP) is 2.66. The van der Waals surface area contributed by atoms with Crippen LogP contribution in [-0.4, -0.2) is 31.8 Å². The quantitative estimate of drug-likeness (QED) is 0.874. The number of aliphatic hydroxyl groups is 1. The highest BCUT2D eigenvalue weighted by Crippen LogP contribution is 2.39. The van der Waals surface area contributed by atoms with E-state index in [1.165, 1.54) is 17.0 Å². The lowest BCUT2D eigenvalue weighted by atomic mass is 9.95. The topological polar surface area (TPSA) is 90.7 Å². The molecule has 25 heavy (non-hydrogen) atoms. The molecule has 1 aliphatic rings. The zero-order chi connectivity index (χ0) is 18.0. The lowest BCUT2D eigenvalue weighted by Gasteiger charge is -2.26. The molecule has 1 aromatic heterocycles. The average Bonchev–Trinajstić information content (AvgIpc) is 2.87. The van der Waals surface area contributed by atoms with Crippen LogP contribution in [0.15, 0.2) is 60.1 Å². The predicted molar refractivity (Wildman–Crippen MR) is 90.6 cm³/mol. The minimum Gasteiger partial charge on any atom is -0.508 e. The van der Waals surface area contributed by atoms with Crippen molar-refractivity contribution in [3.05, 3.63) is 71.3 Å². The number of carbonyl (C=O) groups excluding carboxylic acids is 2. The zero-order valence-corrected chi connectivity index (χ0v) is 13.7. The van der Waals surface area contributed by atoms with Gasteiger partial charge in [0.15, 0.2) is 11.5 Å². The number of nitrogens with zero attached hydrogens (tertiary/aromatic N) is 2. The molecule has 2 heterocycles. The average molecular weight is 338 g/mol. The molecule has 3 rings (SSSR count). The Hall–Kier alpha value is -3.15. The second-order valence-electron chi connectivity index (χ2n) is 5.83. The number of benzene rings is 1. The highest BCUT2D eigenvalue weighted by Gasteiger charge is 2.42. The van der Waals surface area contributed by atoms with Crippen LogP contribution < -0.4 is 0 Å². The Labute approximate surface area is 145 Å². The first kappa shape index (κ1) is 16.7. The first-order chi connectivity index (χ1) is 12.0. The third-order valence-electron chi connectivity index (χ3n) is 4.19. The Morgan fingerprint density at radius 2 is 2.04 bits per heavy atom. The van der Waals surface area contributed by atoms with E-state index in [2.05, 4.69) is 4.98 Å². The summed E-state index contributed by atoms with van der Waals surface area (Å²) in [5, 5.41) is 20.1. The number of phenolic OH excluding ortho intramolecular Hbond substituents is 1. The van der Waals surface area contributed by atoms with Gasteiger partial charge < -0.3 is 15.1 Å². The second kappa shape index (κ2) is 6.76. The first-order valence-corrected chi connectivity index (χ1v) is 7.98. The van der Waals surface area contributed by atoms with Gasteiger partial charge in [0, 0.05) is 25.4 Å². The van der Waals surface area contributed by atoms with E-state index in [0.29, 0.717) is 5.56 Å². The van der Waals surface area contributed by atoms with Crippen LogP contribution in [0.4, 0.5) is 0 Å². The number of aromatic nitrogens is 1. The van der Waals surface area contributed by atoms with Crippen molar-refractivity contribution >= 4 is 11.7 Å².